The predicted molar refractivity (Wildman–Crippen MR) is 72.3 cm³/mol. The highest BCUT2D eigenvalue weighted by atomic mass is 32.2. The molecule has 0 bridgehead atoms. The molecular weight excluding hydrogens is 288 g/mol. The minimum Gasteiger partial charge on any atom is -0.335 e. The van der Waals surface area contributed by atoms with Crippen molar-refractivity contribution in [2.75, 3.05) is 5.84 Å². The van der Waals surface area contributed by atoms with E-state index in [-0.39, 0.29) is 0 Å². The van der Waals surface area contributed by atoms with Crippen molar-refractivity contribution < 1.29 is 0 Å². The van der Waals surface area contributed by atoms with E-state index < -0.39 is 0 Å². The van der Waals surface area contributed by atoms with Gasteiger partial charge in [0, 0.05) is 0 Å². The van der Waals surface area contributed by atoms with Gasteiger partial charge in [-0.05, 0) is 41.7 Å². The molecule has 6 nitrogen and oxygen atoms in total. The minimum absolute atomic E-state index is 0.606. The number of aryl methyl sites for hydroxylation is 1. The smallest absolute Gasteiger partial charge is 0.217 e. The van der Waals surface area contributed by atoms with Crippen molar-refractivity contribution in [3.63, 3.8) is 0 Å². The summed E-state index contributed by atoms with van der Waals surface area (Å²) in [5.74, 6) is 7.40. The van der Waals surface area contributed by atoms with Crippen LogP contribution in [0.4, 0.5) is 0 Å². The highest BCUT2D eigenvalue weighted by Crippen LogP contribution is 2.30. The van der Waals surface area contributed by atoms with Gasteiger partial charge in [0.1, 0.15) is 5.82 Å². The second-order valence-corrected chi connectivity index (χ2v) is 6.28. The Labute approximate surface area is 115 Å². The number of nitrogens with zero attached hydrogens (tertiary/aromatic N) is 5. The third-order valence-corrected chi connectivity index (χ3v) is 4.76. The van der Waals surface area contributed by atoms with Gasteiger partial charge in [0.2, 0.25) is 5.16 Å². The van der Waals surface area contributed by atoms with E-state index in [1.54, 1.807) is 11.3 Å². The highest BCUT2D eigenvalue weighted by molar-refractivity contribution is 8.00. The number of hydrogen-bond donors (Lipinski definition) is 1. The molecule has 0 aliphatic rings. The van der Waals surface area contributed by atoms with Crippen LogP contribution < -0.4 is 5.84 Å². The maximum Gasteiger partial charge on any atom is 0.217 e. The van der Waals surface area contributed by atoms with Crippen molar-refractivity contribution in [2.24, 2.45) is 0 Å². The number of nitrogens with two attached hydrogens (primary N) is 1. The van der Waals surface area contributed by atoms with E-state index >= 15 is 0 Å². The Kier molecular flexibility index (Phi) is 3.02. The maximum atomic E-state index is 5.98. The third-order valence-electron chi connectivity index (χ3n) is 2.09. The van der Waals surface area contributed by atoms with Crippen LogP contribution in [0.15, 0.2) is 27.0 Å². The molecule has 3 rings (SSSR count). The van der Waals surface area contributed by atoms with Crippen molar-refractivity contribution in [2.45, 2.75) is 16.4 Å². The molecule has 3 aromatic heterocycles. The first kappa shape index (κ1) is 11.6. The quantitative estimate of drug-likeness (QED) is 0.745. The first-order valence-electron chi connectivity index (χ1n) is 4.96. The van der Waals surface area contributed by atoms with Crippen LogP contribution in [0, 0.1) is 6.92 Å². The molecule has 0 aliphatic heterocycles. The molecule has 0 aliphatic carbocycles. The Hall–Kier alpha value is -1.45. The fourth-order valence-corrected chi connectivity index (χ4v) is 3.53. The van der Waals surface area contributed by atoms with Crippen molar-refractivity contribution in [1.82, 2.24) is 24.2 Å². The molecule has 0 saturated heterocycles. The van der Waals surface area contributed by atoms with Gasteiger partial charge in [-0.1, -0.05) is 6.07 Å². The van der Waals surface area contributed by atoms with Gasteiger partial charge < -0.3 is 5.84 Å². The fourth-order valence-electron chi connectivity index (χ4n) is 1.32. The van der Waals surface area contributed by atoms with Gasteiger partial charge in [-0.3, -0.25) is 0 Å². The SMILES string of the molecule is Cc1nsc(Sc2nnc(-c3cccs3)n2N)n1. The van der Waals surface area contributed by atoms with Gasteiger partial charge in [-0.25, -0.2) is 9.66 Å². The second-order valence-electron chi connectivity index (χ2n) is 3.36. The van der Waals surface area contributed by atoms with Crippen LogP contribution in [0.1, 0.15) is 5.82 Å². The van der Waals surface area contributed by atoms with Gasteiger partial charge in [0.25, 0.3) is 0 Å². The summed E-state index contributed by atoms with van der Waals surface area (Å²) in [4.78, 5) is 5.25. The van der Waals surface area contributed by atoms with Gasteiger partial charge in [0.05, 0.1) is 4.88 Å². The summed E-state index contributed by atoms with van der Waals surface area (Å²) in [6.07, 6.45) is 0. The van der Waals surface area contributed by atoms with Crippen molar-refractivity contribution in [3.8, 4) is 10.7 Å². The molecule has 0 unspecified atom stereocenters. The number of aromatic nitrogens is 5. The lowest BCUT2D eigenvalue weighted by Gasteiger charge is -1.99. The summed E-state index contributed by atoms with van der Waals surface area (Å²) in [7, 11) is 0. The molecule has 0 aromatic carbocycles. The lowest BCUT2D eigenvalue weighted by molar-refractivity contribution is 0.849. The Morgan fingerprint density at radius 1 is 1.39 bits per heavy atom. The Balaban J connectivity index is 1.90. The first-order chi connectivity index (χ1) is 8.74. The summed E-state index contributed by atoms with van der Waals surface area (Å²) < 4.78 is 6.40. The molecule has 0 atom stereocenters. The van der Waals surface area contributed by atoms with Crippen LogP contribution >= 0.6 is 34.6 Å². The Morgan fingerprint density at radius 2 is 2.28 bits per heavy atom. The fraction of sp³-hybridized carbons (Fsp3) is 0.111. The van der Waals surface area contributed by atoms with E-state index in [1.807, 2.05) is 24.4 Å². The van der Waals surface area contributed by atoms with Gasteiger partial charge in [-0.15, -0.1) is 21.5 Å². The Morgan fingerprint density at radius 3 is 2.94 bits per heavy atom. The summed E-state index contributed by atoms with van der Waals surface area (Å²) in [6.45, 7) is 1.85. The van der Waals surface area contributed by atoms with Crippen LogP contribution in [0.5, 0.6) is 0 Å². The van der Waals surface area contributed by atoms with E-state index in [9.17, 15) is 0 Å². The van der Waals surface area contributed by atoms with E-state index in [0.717, 1.165) is 15.0 Å². The monoisotopic (exact) mass is 296 g/mol. The lowest BCUT2D eigenvalue weighted by Crippen LogP contribution is -2.10. The second kappa shape index (κ2) is 4.67. The number of rotatable bonds is 3. The summed E-state index contributed by atoms with van der Waals surface area (Å²) in [5.41, 5.74) is 0. The highest BCUT2D eigenvalue weighted by Gasteiger charge is 2.15. The van der Waals surface area contributed by atoms with Gasteiger partial charge in [-0.2, -0.15) is 4.37 Å². The average molecular weight is 296 g/mol. The molecule has 0 spiro atoms. The third kappa shape index (κ3) is 2.11. The molecular formula is C9H8N6S3. The molecule has 2 N–H and O–H groups in total. The molecule has 0 fully saturated rings. The molecule has 92 valence electrons. The van der Waals surface area contributed by atoms with Crippen LogP contribution in [0.2, 0.25) is 0 Å². The van der Waals surface area contributed by atoms with Crippen molar-refractivity contribution in [3.05, 3.63) is 23.3 Å². The van der Waals surface area contributed by atoms with E-state index in [0.29, 0.717) is 11.0 Å². The van der Waals surface area contributed by atoms with Gasteiger partial charge in [0.15, 0.2) is 10.2 Å². The number of nitrogen functional groups attached to an aromatic ring is 1. The van der Waals surface area contributed by atoms with Crippen LogP contribution in [0.25, 0.3) is 10.7 Å². The van der Waals surface area contributed by atoms with E-state index in [2.05, 4.69) is 19.6 Å². The summed E-state index contributed by atoms with van der Waals surface area (Å²) in [5, 5.41) is 10.8. The molecule has 9 heteroatoms. The molecule has 0 saturated carbocycles. The molecule has 3 heterocycles. The minimum atomic E-state index is 0.606. The van der Waals surface area contributed by atoms with Crippen LogP contribution in [-0.4, -0.2) is 24.2 Å². The summed E-state index contributed by atoms with van der Waals surface area (Å²) in [6, 6.07) is 3.91. The Bertz CT molecular complexity index is 656. The molecule has 18 heavy (non-hydrogen) atoms. The predicted octanol–water partition coefficient (Wildman–Crippen LogP) is 2.03. The van der Waals surface area contributed by atoms with Crippen LogP contribution in [0.3, 0.4) is 0 Å². The topological polar surface area (TPSA) is 82.5 Å². The van der Waals surface area contributed by atoms with E-state index in [1.165, 1.54) is 28.0 Å². The molecule has 0 radical (unpaired) electrons. The molecule has 3 aromatic rings. The largest absolute Gasteiger partial charge is 0.335 e. The lowest BCUT2D eigenvalue weighted by atomic mass is 10.4. The summed E-state index contributed by atoms with van der Waals surface area (Å²) >= 11 is 4.27. The van der Waals surface area contributed by atoms with Gasteiger partial charge >= 0.3 is 0 Å². The zero-order valence-electron chi connectivity index (χ0n) is 9.27. The number of thiophene rings is 1. The van der Waals surface area contributed by atoms with Crippen LogP contribution in [-0.2, 0) is 0 Å². The van der Waals surface area contributed by atoms with Crippen molar-refractivity contribution >= 4 is 34.6 Å². The first-order valence-corrected chi connectivity index (χ1v) is 7.43. The van der Waals surface area contributed by atoms with E-state index in [4.69, 9.17) is 5.84 Å². The number of hydrogen-bond acceptors (Lipinski definition) is 8. The molecule has 0 amide bonds. The average Bonchev–Trinajstić information content (AvgIpc) is 3.04. The zero-order chi connectivity index (χ0) is 12.5. The normalized spacial score (nSPS) is 10.9. The maximum absolute atomic E-state index is 5.98. The zero-order valence-corrected chi connectivity index (χ0v) is 11.7. The van der Waals surface area contributed by atoms with Crippen molar-refractivity contribution in [1.29, 1.82) is 0 Å². The standard InChI is InChI=1S/C9H8N6S3/c1-5-11-9(18-14-5)17-8-13-12-7(15(8)10)6-3-2-4-16-6/h2-4H,10H2,1H3.